The number of H-pyrrole nitrogens is 1. The van der Waals surface area contributed by atoms with Crippen molar-refractivity contribution in [3.05, 3.63) is 30.5 Å². The van der Waals surface area contributed by atoms with E-state index in [4.69, 9.17) is 8.76 Å². The Balaban J connectivity index is 0.000000184. The van der Waals surface area contributed by atoms with E-state index in [1.54, 1.807) is 0 Å². The Labute approximate surface area is 77.4 Å². The molecular formula is C7H8N3O2S-. The number of nitrogens with zero attached hydrogens (tertiary/aromatic N) is 1. The standard InChI is InChI=1S/C7H6N2.H3NO2S/c1-2-4-7-6(3-1)5-8-9-7;1-4(2)3/h1-5H,(H,8,9);1H2,(H,2,3)/p-1. The van der Waals surface area contributed by atoms with Crippen LogP contribution in [0.3, 0.4) is 0 Å². The third-order valence-electron chi connectivity index (χ3n) is 1.35. The van der Waals surface area contributed by atoms with Crippen LogP contribution in [0.15, 0.2) is 30.5 Å². The molecular weight excluding hydrogens is 190 g/mol. The lowest BCUT2D eigenvalue weighted by Gasteiger charge is -1.85. The van der Waals surface area contributed by atoms with Crippen LogP contribution in [0.4, 0.5) is 0 Å². The summed E-state index contributed by atoms with van der Waals surface area (Å²) in [6, 6.07) is 8.01. The smallest absolute Gasteiger partial charge is 0.0650 e. The molecule has 70 valence electrons. The molecule has 5 nitrogen and oxygen atoms in total. The van der Waals surface area contributed by atoms with Gasteiger partial charge in [0.05, 0.1) is 11.7 Å². The van der Waals surface area contributed by atoms with E-state index in [1.807, 2.05) is 30.5 Å². The Morgan fingerprint density at radius 2 is 2.08 bits per heavy atom. The van der Waals surface area contributed by atoms with Crippen LogP contribution in [0.25, 0.3) is 10.9 Å². The highest BCUT2D eigenvalue weighted by Gasteiger charge is 1.88. The summed E-state index contributed by atoms with van der Waals surface area (Å²) in [7, 11) is 0. The molecule has 3 N–H and O–H groups in total. The summed E-state index contributed by atoms with van der Waals surface area (Å²) in [6.45, 7) is 0. The average Bonchev–Trinajstić information content (AvgIpc) is 2.49. The molecule has 2 rings (SSSR count). The van der Waals surface area contributed by atoms with E-state index in [9.17, 15) is 0 Å². The number of benzene rings is 1. The molecule has 6 heteroatoms. The molecule has 0 saturated carbocycles. The van der Waals surface area contributed by atoms with Gasteiger partial charge >= 0.3 is 0 Å². The molecule has 1 heterocycles. The highest BCUT2D eigenvalue weighted by molar-refractivity contribution is 7.76. The first-order chi connectivity index (χ1) is 6.20. The number of hydrogen-bond donors (Lipinski definition) is 2. The first kappa shape index (κ1) is 9.85. The average molecular weight is 198 g/mol. The summed E-state index contributed by atoms with van der Waals surface area (Å²) in [5.74, 6) is 0. The maximum Gasteiger partial charge on any atom is 0.0650 e. The molecule has 0 aliphatic rings. The number of para-hydroxylation sites is 1. The Hall–Kier alpha value is -1.24. The van der Waals surface area contributed by atoms with Crippen LogP contribution in [0.5, 0.6) is 0 Å². The van der Waals surface area contributed by atoms with E-state index >= 15 is 0 Å². The van der Waals surface area contributed by atoms with Gasteiger partial charge in [0, 0.05) is 16.7 Å². The van der Waals surface area contributed by atoms with Crippen molar-refractivity contribution in [1.29, 1.82) is 0 Å². The van der Waals surface area contributed by atoms with Crippen molar-refractivity contribution in [3.63, 3.8) is 0 Å². The first-order valence-corrected chi connectivity index (χ1v) is 4.55. The summed E-state index contributed by atoms with van der Waals surface area (Å²) in [6.07, 6.45) is 1.81. The number of hydrogen-bond acceptors (Lipinski definition) is 3. The summed E-state index contributed by atoms with van der Waals surface area (Å²) in [5.41, 5.74) is 1.09. The molecule has 1 atom stereocenters. The fraction of sp³-hybridized carbons (Fsp3) is 0. The molecule has 0 fully saturated rings. The van der Waals surface area contributed by atoms with Crippen molar-refractivity contribution in [3.8, 4) is 0 Å². The molecule has 1 aromatic carbocycles. The lowest BCUT2D eigenvalue weighted by Crippen LogP contribution is -1.97. The Bertz CT molecular complexity index is 367. The molecule has 1 unspecified atom stereocenters. The van der Waals surface area contributed by atoms with Gasteiger partial charge in [0.2, 0.25) is 0 Å². The maximum atomic E-state index is 8.78. The number of nitrogens with one attached hydrogen (secondary N) is 1. The highest BCUT2D eigenvalue weighted by atomic mass is 32.2. The van der Waals surface area contributed by atoms with Crippen LogP contribution in [-0.4, -0.2) is 19.0 Å². The molecule has 0 spiro atoms. The number of aromatic nitrogens is 2. The largest absolute Gasteiger partial charge is 0.760 e. The molecule has 0 aliphatic carbocycles. The molecule has 0 aliphatic heterocycles. The quantitative estimate of drug-likeness (QED) is 0.596. The summed E-state index contributed by atoms with van der Waals surface area (Å²) in [4.78, 5) is 0. The van der Waals surface area contributed by atoms with Crippen LogP contribution in [0.1, 0.15) is 0 Å². The van der Waals surface area contributed by atoms with Crippen molar-refractivity contribution in [2.24, 2.45) is 5.14 Å². The van der Waals surface area contributed by atoms with Gasteiger partial charge in [0.1, 0.15) is 0 Å². The predicted molar refractivity (Wildman–Crippen MR) is 49.2 cm³/mol. The zero-order valence-electron chi connectivity index (χ0n) is 6.64. The summed E-state index contributed by atoms with van der Waals surface area (Å²) >= 11 is -2.36. The van der Waals surface area contributed by atoms with Crippen molar-refractivity contribution in [2.75, 3.05) is 0 Å². The van der Waals surface area contributed by atoms with E-state index in [0.29, 0.717) is 0 Å². The minimum Gasteiger partial charge on any atom is -0.760 e. The normalized spacial score (nSPS) is 11.8. The number of nitrogens with two attached hydrogens (primary N) is 1. The van der Waals surface area contributed by atoms with E-state index in [2.05, 4.69) is 15.3 Å². The molecule has 1 aromatic heterocycles. The van der Waals surface area contributed by atoms with Crippen LogP contribution in [0.2, 0.25) is 0 Å². The van der Waals surface area contributed by atoms with E-state index in [-0.39, 0.29) is 0 Å². The molecule has 0 bridgehead atoms. The SMILES string of the molecule is NS(=O)[O-].c1ccc2[nH]ncc2c1. The third kappa shape index (κ3) is 3.32. The van der Waals surface area contributed by atoms with Gasteiger partial charge < -0.3 is 4.55 Å². The zero-order chi connectivity index (χ0) is 9.68. The van der Waals surface area contributed by atoms with Gasteiger partial charge in [-0.15, -0.1) is 0 Å². The van der Waals surface area contributed by atoms with E-state index < -0.39 is 11.3 Å². The molecule has 13 heavy (non-hydrogen) atoms. The van der Waals surface area contributed by atoms with Gasteiger partial charge in [-0.25, -0.2) is 0 Å². The van der Waals surface area contributed by atoms with Gasteiger partial charge in [0.15, 0.2) is 0 Å². The fourth-order valence-electron chi connectivity index (χ4n) is 0.883. The second kappa shape index (κ2) is 4.70. The van der Waals surface area contributed by atoms with E-state index in [1.165, 1.54) is 0 Å². The first-order valence-electron chi connectivity index (χ1n) is 3.42. The van der Waals surface area contributed by atoms with Crippen LogP contribution in [0, 0.1) is 0 Å². The molecule has 0 amide bonds. The Kier molecular flexibility index (Phi) is 3.56. The monoisotopic (exact) mass is 198 g/mol. The predicted octanol–water partition coefficient (Wildman–Crippen LogP) is 0.302. The minimum atomic E-state index is -2.36. The van der Waals surface area contributed by atoms with Crippen molar-refractivity contribution >= 4 is 22.2 Å². The van der Waals surface area contributed by atoms with Crippen molar-refractivity contribution in [1.82, 2.24) is 10.2 Å². The topological polar surface area (TPSA) is 94.8 Å². The molecule has 0 saturated heterocycles. The minimum absolute atomic E-state index is 1.09. The van der Waals surface area contributed by atoms with Gasteiger partial charge in [-0.3, -0.25) is 14.4 Å². The van der Waals surface area contributed by atoms with Gasteiger partial charge in [-0.1, -0.05) is 18.2 Å². The van der Waals surface area contributed by atoms with Crippen molar-refractivity contribution < 1.29 is 8.76 Å². The second-order valence-electron chi connectivity index (χ2n) is 2.22. The Morgan fingerprint density at radius 1 is 1.46 bits per heavy atom. The van der Waals surface area contributed by atoms with Crippen molar-refractivity contribution in [2.45, 2.75) is 0 Å². The zero-order valence-corrected chi connectivity index (χ0v) is 7.45. The van der Waals surface area contributed by atoms with Gasteiger partial charge in [-0.2, -0.15) is 5.10 Å². The Morgan fingerprint density at radius 3 is 2.69 bits per heavy atom. The second-order valence-corrected chi connectivity index (χ2v) is 2.74. The maximum absolute atomic E-state index is 8.78. The molecule has 0 radical (unpaired) electrons. The van der Waals surface area contributed by atoms with Crippen LogP contribution >= 0.6 is 0 Å². The lowest BCUT2D eigenvalue weighted by atomic mass is 10.3. The number of fused-ring (bicyclic) bond motifs is 1. The highest BCUT2D eigenvalue weighted by Crippen LogP contribution is 2.06. The van der Waals surface area contributed by atoms with Gasteiger partial charge in [-0.05, 0) is 6.07 Å². The number of aromatic amines is 1. The van der Waals surface area contributed by atoms with Crippen LogP contribution < -0.4 is 5.14 Å². The summed E-state index contributed by atoms with van der Waals surface area (Å²) < 4.78 is 17.6. The summed E-state index contributed by atoms with van der Waals surface area (Å²) in [5, 5.41) is 11.9. The van der Waals surface area contributed by atoms with Gasteiger partial charge in [0.25, 0.3) is 0 Å². The van der Waals surface area contributed by atoms with Crippen LogP contribution in [-0.2, 0) is 11.3 Å². The lowest BCUT2D eigenvalue weighted by molar-refractivity contribution is 0.539. The fourth-order valence-corrected chi connectivity index (χ4v) is 0.883. The molecule has 2 aromatic rings. The van der Waals surface area contributed by atoms with E-state index in [0.717, 1.165) is 10.9 Å². The third-order valence-corrected chi connectivity index (χ3v) is 1.35. The number of rotatable bonds is 0.